The molecule has 0 fully saturated rings. The molecule has 0 aliphatic carbocycles. The summed E-state index contributed by atoms with van der Waals surface area (Å²) in [5, 5.41) is 8.65. The highest BCUT2D eigenvalue weighted by Gasteiger charge is 2.11. The predicted octanol–water partition coefficient (Wildman–Crippen LogP) is 2.02. The summed E-state index contributed by atoms with van der Waals surface area (Å²) < 4.78 is 1.81. The van der Waals surface area contributed by atoms with Crippen molar-refractivity contribution < 1.29 is 9.90 Å². The van der Waals surface area contributed by atoms with E-state index in [1.54, 1.807) is 12.5 Å². The molecule has 0 saturated carbocycles. The largest absolute Gasteiger partial charge is 0.476 e. The number of imidazole rings is 1. The summed E-state index contributed by atoms with van der Waals surface area (Å²) in [7, 11) is 0. The summed E-state index contributed by atoms with van der Waals surface area (Å²) in [5.74, 6) is -0.973. The zero-order valence-electron chi connectivity index (χ0n) is 8.82. The fraction of sp³-hybridized carbons (Fsp3) is 0.600. The fourth-order valence-electron chi connectivity index (χ4n) is 1.06. The van der Waals surface area contributed by atoms with Crippen molar-refractivity contribution in [3.05, 3.63) is 18.2 Å². The first-order valence-corrected chi connectivity index (χ1v) is 4.63. The van der Waals surface area contributed by atoms with E-state index >= 15 is 0 Å². The maximum Gasteiger partial charge on any atom is 0.356 e. The number of carboxylic acids is 1. The lowest BCUT2D eigenvalue weighted by Gasteiger charge is -2.17. The monoisotopic (exact) mass is 196 g/mol. The molecule has 0 saturated heterocycles. The smallest absolute Gasteiger partial charge is 0.356 e. The number of carbonyl (C=O) groups is 1. The van der Waals surface area contributed by atoms with Gasteiger partial charge in [-0.1, -0.05) is 20.8 Å². The number of carboxylic acid groups (broad SMARTS) is 1. The standard InChI is InChI=1S/C10H16N2O2/c1-10(2,3)4-5-12-6-8(9(13)14)11-7-12/h6-7H,4-5H2,1-3H3,(H,13,14). The topological polar surface area (TPSA) is 55.1 Å². The van der Waals surface area contributed by atoms with Gasteiger partial charge >= 0.3 is 5.97 Å². The van der Waals surface area contributed by atoms with Crippen LogP contribution in [0.3, 0.4) is 0 Å². The average molecular weight is 196 g/mol. The van der Waals surface area contributed by atoms with Crippen LogP contribution in [0.1, 0.15) is 37.7 Å². The highest BCUT2D eigenvalue weighted by Crippen LogP contribution is 2.19. The lowest BCUT2D eigenvalue weighted by Crippen LogP contribution is -2.09. The Hall–Kier alpha value is -1.32. The van der Waals surface area contributed by atoms with Gasteiger partial charge in [-0.25, -0.2) is 9.78 Å². The Balaban J connectivity index is 2.56. The van der Waals surface area contributed by atoms with Gasteiger partial charge in [-0.3, -0.25) is 0 Å². The van der Waals surface area contributed by atoms with Crippen molar-refractivity contribution in [2.75, 3.05) is 0 Å². The van der Waals surface area contributed by atoms with E-state index in [0.717, 1.165) is 13.0 Å². The van der Waals surface area contributed by atoms with Crippen LogP contribution >= 0.6 is 0 Å². The summed E-state index contributed by atoms with van der Waals surface area (Å²) >= 11 is 0. The molecule has 4 heteroatoms. The van der Waals surface area contributed by atoms with E-state index in [4.69, 9.17) is 5.11 Å². The van der Waals surface area contributed by atoms with Gasteiger partial charge in [0, 0.05) is 12.7 Å². The number of aromatic carboxylic acids is 1. The fourth-order valence-corrected chi connectivity index (χ4v) is 1.06. The van der Waals surface area contributed by atoms with Crippen LogP contribution in [0.2, 0.25) is 0 Å². The molecule has 0 amide bonds. The van der Waals surface area contributed by atoms with Crippen LogP contribution < -0.4 is 0 Å². The Morgan fingerprint density at radius 3 is 2.64 bits per heavy atom. The molecule has 78 valence electrons. The van der Waals surface area contributed by atoms with Crippen LogP contribution in [0.25, 0.3) is 0 Å². The van der Waals surface area contributed by atoms with Gasteiger partial charge in [0.1, 0.15) is 0 Å². The summed E-state index contributed by atoms with van der Waals surface area (Å²) in [6, 6.07) is 0. The van der Waals surface area contributed by atoms with E-state index in [9.17, 15) is 4.79 Å². The van der Waals surface area contributed by atoms with E-state index < -0.39 is 5.97 Å². The third-order valence-electron chi connectivity index (χ3n) is 1.97. The van der Waals surface area contributed by atoms with E-state index in [1.165, 1.54) is 0 Å². The molecule has 0 bridgehead atoms. The molecule has 0 aliphatic heterocycles. The van der Waals surface area contributed by atoms with Gasteiger partial charge < -0.3 is 9.67 Å². The van der Waals surface area contributed by atoms with Crippen molar-refractivity contribution in [3.63, 3.8) is 0 Å². The van der Waals surface area contributed by atoms with Crippen molar-refractivity contribution in [2.45, 2.75) is 33.7 Å². The Labute approximate surface area is 83.6 Å². The van der Waals surface area contributed by atoms with E-state index in [-0.39, 0.29) is 11.1 Å². The third kappa shape index (κ3) is 3.20. The van der Waals surface area contributed by atoms with Crippen LogP contribution in [0.15, 0.2) is 12.5 Å². The SMILES string of the molecule is CC(C)(C)CCn1cnc(C(=O)O)c1. The van der Waals surface area contributed by atoms with Crippen LogP contribution in [0.5, 0.6) is 0 Å². The van der Waals surface area contributed by atoms with Crippen molar-refractivity contribution in [1.29, 1.82) is 0 Å². The molecule has 4 nitrogen and oxygen atoms in total. The molecule has 1 aromatic rings. The summed E-state index contributed by atoms with van der Waals surface area (Å²) in [5.41, 5.74) is 0.368. The molecule has 14 heavy (non-hydrogen) atoms. The van der Waals surface area contributed by atoms with E-state index in [0.29, 0.717) is 0 Å². The molecule has 1 N–H and O–H groups in total. The lowest BCUT2D eigenvalue weighted by molar-refractivity contribution is 0.0691. The Morgan fingerprint density at radius 1 is 1.57 bits per heavy atom. The highest BCUT2D eigenvalue weighted by atomic mass is 16.4. The Bertz CT molecular complexity index is 323. The number of hydrogen-bond acceptors (Lipinski definition) is 2. The zero-order chi connectivity index (χ0) is 10.8. The van der Waals surface area contributed by atoms with Gasteiger partial charge in [0.05, 0.1) is 6.33 Å². The molecule has 0 spiro atoms. The number of nitrogens with zero attached hydrogens (tertiary/aromatic N) is 2. The molecule has 0 aromatic carbocycles. The van der Waals surface area contributed by atoms with E-state index in [2.05, 4.69) is 25.8 Å². The van der Waals surface area contributed by atoms with Crippen LogP contribution in [-0.4, -0.2) is 20.6 Å². The number of rotatable bonds is 3. The lowest BCUT2D eigenvalue weighted by atomic mass is 9.92. The molecule has 0 unspecified atom stereocenters. The van der Waals surface area contributed by atoms with E-state index in [1.807, 2.05) is 4.57 Å². The molecular formula is C10H16N2O2. The number of aromatic nitrogens is 2. The van der Waals surface area contributed by atoms with Gasteiger partial charge in [-0.05, 0) is 11.8 Å². The maximum absolute atomic E-state index is 10.5. The zero-order valence-corrected chi connectivity index (χ0v) is 8.82. The predicted molar refractivity (Wildman–Crippen MR) is 53.3 cm³/mol. The second-order valence-electron chi connectivity index (χ2n) is 4.61. The summed E-state index contributed by atoms with van der Waals surface area (Å²) in [6.45, 7) is 7.27. The Kier molecular flexibility index (Phi) is 2.93. The van der Waals surface area contributed by atoms with Crippen molar-refractivity contribution in [3.8, 4) is 0 Å². The second kappa shape index (κ2) is 3.82. The van der Waals surface area contributed by atoms with Crippen molar-refractivity contribution >= 4 is 5.97 Å². The molecular weight excluding hydrogens is 180 g/mol. The molecule has 0 radical (unpaired) electrons. The average Bonchev–Trinajstić information content (AvgIpc) is 2.47. The maximum atomic E-state index is 10.5. The van der Waals surface area contributed by atoms with Crippen molar-refractivity contribution in [1.82, 2.24) is 9.55 Å². The van der Waals surface area contributed by atoms with Gasteiger partial charge in [-0.15, -0.1) is 0 Å². The first-order chi connectivity index (χ1) is 6.38. The molecule has 0 atom stereocenters. The summed E-state index contributed by atoms with van der Waals surface area (Å²) in [6.07, 6.45) is 4.13. The van der Waals surface area contributed by atoms with Gasteiger partial charge in [0.25, 0.3) is 0 Å². The molecule has 0 aliphatic rings. The second-order valence-corrected chi connectivity index (χ2v) is 4.61. The van der Waals surface area contributed by atoms with Crippen LogP contribution in [0, 0.1) is 5.41 Å². The highest BCUT2D eigenvalue weighted by molar-refractivity contribution is 5.84. The van der Waals surface area contributed by atoms with Crippen LogP contribution in [-0.2, 0) is 6.54 Å². The van der Waals surface area contributed by atoms with Crippen molar-refractivity contribution in [2.24, 2.45) is 5.41 Å². The third-order valence-corrected chi connectivity index (χ3v) is 1.97. The summed E-state index contributed by atoms with van der Waals surface area (Å²) in [4.78, 5) is 14.3. The minimum atomic E-state index is -0.973. The molecule has 1 rings (SSSR count). The minimum absolute atomic E-state index is 0.110. The van der Waals surface area contributed by atoms with Gasteiger partial charge in [0.2, 0.25) is 0 Å². The van der Waals surface area contributed by atoms with Gasteiger partial charge in [0.15, 0.2) is 5.69 Å². The van der Waals surface area contributed by atoms with Gasteiger partial charge in [-0.2, -0.15) is 0 Å². The minimum Gasteiger partial charge on any atom is -0.476 e. The first kappa shape index (κ1) is 10.8. The van der Waals surface area contributed by atoms with Crippen LogP contribution in [0.4, 0.5) is 0 Å². The quantitative estimate of drug-likeness (QED) is 0.804. The number of hydrogen-bond donors (Lipinski definition) is 1. The Morgan fingerprint density at radius 2 is 2.21 bits per heavy atom. The molecule has 1 aromatic heterocycles. The number of aryl methyl sites for hydroxylation is 1. The first-order valence-electron chi connectivity index (χ1n) is 4.63. The molecule has 1 heterocycles. The normalized spacial score (nSPS) is 11.6.